The first-order valence-electron chi connectivity index (χ1n) is 2.53. The molecule has 0 heterocycles. The molecule has 0 aliphatic rings. The summed E-state index contributed by atoms with van der Waals surface area (Å²) in [4.78, 5) is 19.3. The average Bonchev–Trinajstić information content (AvgIpc) is 1.68. The molecule has 0 aromatic rings. The van der Waals surface area contributed by atoms with Gasteiger partial charge in [0.15, 0.2) is 0 Å². The fourth-order valence-corrected chi connectivity index (χ4v) is 0.203. The van der Waals surface area contributed by atoms with E-state index in [9.17, 15) is 14.7 Å². The minimum Gasteiger partial charge on any atom is -0.550 e. The number of ketones is 1. The Morgan fingerprint density at radius 3 is 1.70 bits per heavy atom. The average molecular weight is 194 g/mol. The molecule has 10 heavy (non-hydrogen) atoms. The van der Waals surface area contributed by atoms with Gasteiger partial charge in [0.1, 0.15) is 5.78 Å². The van der Waals surface area contributed by atoms with Crippen LogP contribution in [0.2, 0.25) is 0 Å². The first-order chi connectivity index (χ1) is 4.13. The minimum atomic E-state index is -1.31. The zero-order valence-electron chi connectivity index (χ0n) is 5.94. The molecule has 0 spiro atoms. The van der Waals surface area contributed by atoms with Crippen molar-refractivity contribution < 1.29 is 31.8 Å². The minimum absolute atomic E-state index is 0. The van der Waals surface area contributed by atoms with Crippen LogP contribution in [0.4, 0.5) is 0 Å². The van der Waals surface area contributed by atoms with Crippen LogP contribution >= 0.6 is 0 Å². The van der Waals surface area contributed by atoms with Crippen LogP contribution in [-0.2, 0) is 26.7 Å². The summed E-state index contributed by atoms with van der Waals surface area (Å²) in [7, 11) is 0. The SMILES string of the molecule is CC(=O)CC(=O)[O-].[CH2-]C.[Cu+2]. The van der Waals surface area contributed by atoms with Crippen LogP contribution in [-0.4, -0.2) is 11.8 Å². The number of carbonyl (C=O) groups excluding carboxylic acids is 2. The van der Waals surface area contributed by atoms with Crippen molar-refractivity contribution in [2.45, 2.75) is 20.3 Å². The monoisotopic (exact) mass is 193 g/mol. The molecule has 0 saturated heterocycles. The smallest absolute Gasteiger partial charge is 0.550 e. The van der Waals surface area contributed by atoms with E-state index in [1.165, 1.54) is 6.92 Å². The van der Waals surface area contributed by atoms with Gasteiger partial charge < -0.3 is 16.8 Å². The third-order valence-electron chi connectivity index (χ3n) is 0.393. The van der Waals surface area contributed by atoms with Crippen LogP contribution in [0, 0.1) is 6.92 Å². The van der Waals surface area contributed by atoms with Crippen LogP contribution in [0.25, 0.3) is 0 Å². The van der Waals surface area contributed by atoms with Crippen molar-refractivity contribution in [1.82, 2.24) is 0 Å². The Labute approximate surface area is 71.3 Å². The predicted molar refractivity (Wildman–Crippen MR) is 31.3 cm³/mol. The van der Waals surface area contributed by atoms with Gasteiger partial charge in [0, 0.05) is 12.4 Å². The summed E-state index contributed by atoms with van der Waals surface area (Å²) in [6, 6.07) is 0. The van der Waals surface area contributed by atoms with Crippen molar-refractivity contribution in [2.75, 3.05) is 0 Å². The fourth-order valence-electron chi connectivity index (χ4n) is 0.203. The Bertz CT molecular complexity index is 89.2. The predicted octanol–water partition coefficient (Wildman–Crippen LogP) is -0.447. The summed E-state index contributed by atoms with van der Waals surface area (Å²) < 4.78 is 0. The first-order valence-corrected chi connectivity index (χ1v) is 2.53. The second kappa shape index (κ2) is 11.5. The Balaban J connectivity index is -0.000000149. The van der Waals surface area contributed by atoms with Gasteiger partial charge in [-0.05, 0) is 6.92 Å². The summed E-state index contributed by atoms with van der Waals surface area (Å²) in [5.74, 6) is -1.69. The van der Waals surface area contributed by atoms with Crippen LogP contribution in [0.15, 0.2) is 0 Å². The molecule has 3 nitrogen and oxygen atoms in total. The standard InChI is InChI=1S/C4H6O3.C2H5.Cu/c1-3(5)2-4(6)7;1-2;/h2H2,1H3,(H,6,7);1H2,2H3;/q;-1;+2/p-1. The molecule has 4 heteroatoms. The van der Waals surface area contributed by atoms with E-state index in [4.69, 9.17) is 0 Å². The van der Waals surface area contributed by atoms with Crippen molar-refractivity contribution >= 4 is 11.8 Å². The number of carboxylic acid groups (broad SMARTS) is 1. The zero-order chi connectivity index (χ0) is 7.86. The number of hydrogen-bond acceptors (Lipinski definition) is 3. The number of Topliss-reactive ketones (excluding diaryl/α,β-unsaturated/α-hetero) is 1. The maximum absolute atomic E-state index is 9.83. The molecule has 0 atom stereocenters. The van der Waals surface area contributed by atoms with Gasteiger partial charge in [-0.3, -0.25) is 4.79 Å². The molecular weight excluding hydrogens is 184 g/mol. The Morgan fingerprint density at radius 1 is 1.40 bits per heavy atom. The topological polar surface area (TPSA) is 57.2 Å². The van der Waals surface area contributed by atoms with E-state index in [-0.39, 0.29) is 22.9 Å². The Morgan fingerprint density at radius 2 is 1.70 bits per heavy atom. The van der Waals surface area contributed by atoms with Crippen LogP contribution in [0.3, 0.4) is 0 Å². The molecule has 1 radical (unpaired) electrons. The summed E-state index contributed by atoms with van der Waals surface area (Å²) in [6.45, 7) is 6.20. The number of rotatable bonds is 2. The molecule has 0 bridgehead atoms. The number of aliphatic carboxylic acids is 1. The van der Waals surface area contributed by atoms with Gasteiger partial charge in [-0.25, -0.2) is 0 Å². The molecule has 0 aliphatic carbocycles. The van der Waals surface area contributed by atoms with Crippen molar-refractivity contribution in [1.29, 1.82) is 0 Å². The van der Waals surface area contributed by atoms with Gasteiger partial charge in [-0.2, -0.15) is 6.92 Å². The molecule has 63 valence electrons. The second-order valence-corrected chi connectivity index (χ2v) is 1.25. The molecule has 0 saturated carbocycles. The van der Waals surface area contributed by atoms with Gasteiger partial charge in [-0.1, -0.05) is 0 Å². The molecule has 0 unspecified atom stereocenters. The maximum Gasteiger partial charge on any atom is 2.00 e. The zero-order valence-corrected chi connectivity index (χ0v) is 6.88. The maximum atomic E-state index is 9.83. The van der Waals surface area contributed by atoms with E-state index in [0.717, 1.165) is 0 Å². The van der Waals surface area contributed by atoms with Crippen molar-refractivity contribution in [2.24, 2.45) is 0 Å². The molecule has 0 aromatic heterocycles. The largest absolute Gasteiger partial charge is 2.00 e. The molecule has 0 aliphatic heterocycles. The number of carboxylic acids is 1. The van der Waals surface area contributed by atoms with E-state index in [1.54, 1.807) is 6.92 Å². The third-order valence-corrected chi connectivity index (χ3v) is 0.393. The normalized spacial score (nSPS) is 6.30. The quantitative estimate of drug-likeness (QED) is 0.339. The van der Waals surface area contributed by atoms with E-state index in [0.29, 0.717) is 0 Å². The number of hydrogen-bond donors (Lipinski definition) is 0. The van der Waals surface area contributed by atoms with Crippen molar-refractivity contribution in [3.63, 3.8) is 0 Å². The van der Waals surface area contributed by atoms with Gasteiger partial charge in [-0.15, -0.1) is 0 Å². The van der Waals surface area contributed by atoms with Crippen LogP contribution in [0.5, 0.6) is 0 Å². The van der Waals surface area contributed by atoms with Crippen LogP contribution in [0.1, 0.15) is 20.3 Å². The third kappa shape index (κ3) is 25.4. The molecule has 0 aromatic carbocycles. The molecular formula is C6H10CuO3. The summed E-state index contributed by atoms with van der Waals surface area (Å²) in [6.07, 6.45) is -0.472. The van der Waals surface area contributed by atoms with E-state index < -0.39 is 12.4 Å². The van der Waals surface area contributed by atoms with Gasteiger partial charge in [0.25, 0.3) is 0 Å². The van der Waals surface area contributed by atoms with Crippen molar-refractivity contribution in [3.05, 3.63) is 6.92 Å². The molecule has 0 fully saturated rings. The van der Waals surface area contributed by atoms with Crippen molar-refractivity contribution in [3.8, 4) is 0 Å². The van der Waals surface area contributed by atoms with E-state index >= 15 is 0 Å². The van der Waals surface area contributed by atoms with Gasteiger partial charge in [0.2, 0.25) is 0 Å². The Kier molecular flexibility index (Phi) is 18.7. The summed E-state index contributed by atoms with van der Waals surface area (Å²) in [5.41, 5.74) is 0. The first kappa shape index (κ1) is 16.3. The van der Waals surface area contributed by atoms with Crippen LogP contribution < -0.4 is 5.11 Å². The fraction of sp³-hybridized carbons (Fsp3) is 0.500. The second-order valence-electron chi connectivity index (χ2n) is 1.25. The number of carbonyl (C=O) groups is 2. The van der Waals surface area contributed by atoms with Gasteiger partial charge in [0.05, 0.1) is 0 Å². The summed E-state index contributed by atoms with van der Waals surface area (Å²) >= 11 is 0. The summed E-state index contributed by atoms with van der Waals surface area (Å²) in [5, 5.41) is 9.48. The van der Waals surface area contributed by atoms with E-state index in [1.807, 2.05) is 0 Å². The molecule has 0 rings (SSSR count). The van der Waals surface area contributed by atoms with Gasteiger partial charge >= 0.3 is 17.1 Å². The molecule has 0 amide bonds. The Hall–Kier alpha value is -0.341. The molecule has 0 N–H and O–H groups in total. The van der Waals surface area contributed by atoms with E-state index in [2.05, 4.69) is 6.92 Å².